The molecular weight excluding hydrogens is 192 g/mol. The van der Waals surface area contributed by atoms with Crippen LogP contribution in [0, 0.1) is 6.92 Å². The molecule has 2 heterocycles. The lowest BCUT2D eigenvalue weighted by atomic mass is 10.1. The fourth-order valence-corrected chi connectivity index (χ4v) is 1.57. The number of aromatic nitrogens is 1. The molecule has 0 bridgehead atoms. The minimum Gasteiger partial charge on any atom is -0.423 e. The Morgan fingerprint density at radius 2 is 2.47 bits per heavy atom. The highest BCUT2D eigenvalue weighted by atomic mass is 16.5. The van der Waals surface area contributed by atoms with Gasteiger partial charge in [-0.1, -0.05) is 6.08 Å². The van der Waals surface area contributed by atoms with Gasteiger partial charge >= 0.3 is 0 Å². The molecule has 1 atom stereocenters. The largest absolute Gasteiger partial charge is 0.423 e. The van der Waals surface area contributed by atoms with Gasteiger partial charge in [0.05, 0.1) is 0 Å². The molecule has 0 aromatic carbocycles. The molecule has 0 aliphatic carbocycles. The summed E-state index contributed by atoms with van der Waals surface area (Å²) in [6.07, 6.45) is 6.39. The normalized spacial score (nSPS) is 24.0. The average molecular weight is 206 g/mol. The zero-order valence-electron chi connectivity index (χ0n) is 8.93. The van der Waals surface area contributed by atoms with Crippen molar-refractivity contribution in [3.63, 3.8) is 0 Å². The van der Waals surface area contributed by atoms with E-state index >= 15 is 0 Å². The van der Waals surface area contributed by atoms with Crippen LogP contribution in [0.1, 0.15) is 31.0 Å². The van der Waals surface area contributed by atoms with Crippen LogP contribution in [0.5, 0.6) is 0 Å². The smallest absolute Gasteiger partial charge is 0.245 e. The van der Waals surface area contributed by atoms with Crippen molar-refractivity contribution in [3.05, 3.63) is 23.7 Å². The summed E-state index contributed by atoms with van der Waals surface area (Å²) in [5.74, 6) is 1.19. The van der Waals surface area contributed by atoms with E-state index in [1.807, 2.05) is 26.0 Å². The minimum absolute atomic E-state index is 0.0452. The van der Waals surface area contributed by atoms with Crippen molar-refractivity contribution in [2.75, 3.05) is 6.61 Å². The third kappa shape index (κ3) is 2.15. The third-order valence-corrected chi connectivity index (χ3v) is 2.18. The van der Waals surface area contributed by atoms with Gasteiger partial charge in [-0.3, -0.25) is 0 Å². The molecule has 80 valence electrons. The molecule has 2 rings (SSSR count). The lowest BCUT2D eigenvalue weighted by Crippen LogP contribution is -2.05. The maximum atomic E-state index is 5.61. The quantitative estimate of drug-likeness (QED) is 0.747. The number of hydrogen-bond acceptors (Lipinski definition) is 4. The molecule has 4 heteroatoms. The van der Waals surface area contributed by atoms with Crippen LogP contribution in [0.15, 0.2) is 21.6 Å². The van der Waals surface area contributed by atoms with Crippen molar-refractivity contribution in [1.82, 2.24) is 4.98 Å². The zero-order chi connectivity index (χ0) is 10.7. The molecule has 1 aromatic heterocycles. The first kappa shape index (κ1) is 10.1. The Bertz CT molecular complexity index is 393. The zero-order valence-corrected chi connectivity index (χ0v) is 8.93. The van der Waals surface area contributed by atoms with Crippen LogP contribution in [0.25, 0.3) is 0 Å². The number of nitrogens with zero attached hydrogens (tertiary/aromatic N) is 2. The van der Waals surface area contributed by atoms with Crippen LogP contribution in [-0.2, 0) is 4.74 Å². The summed E-state index contributed by atoms with van der Waals surface area (Å²) in [6.45, 7) is 4.45. The number of fused-ring (bicyclic) bond motifs is 1. The van der Waals surface area contributed by atoms with E-state index in [0.717, 1.165) is 12.1 Å². The summed E-state index contributed by atoms with van der Waals surface area (Å²) in [7, 11) is 0. The summed E-state index contributed by atoms with van der Waals surface area (Å²) in [5.41, 5.74) is 0.801. The van der Waals surface area contributed by atoms with E-state index < -0.39 is 0 Å². The van der Waals surface area contributed by atoms with Gasteiger partial charge in [-0.05, 0) is 19.4 Å². The number of hydrogen-bond donors (Lipinski definition) is 0. The highest BCUT2D eigenvalue weighted by molar-refractivity contribution is 5.74. The summed E-state index contributed by atoms with van der Waals surface area (Å²) < 4.78 is 11.0. The molecule has 0 saturated carbocycles. The fourth-order valence-electron chi connectivity index (χ4n) is 1.57. The molecular formula is C11H14N2O2. The van der Waals surface area contributed by atoms with Gasteiger partial charge in [0, 0.05) is 19.7 Å². The van der Waals surface area contributed by atoms with Crippen molar-refractivity contribution in [2.45, 2.75) is 26.4 Å². The fraction of sp³-hybridized carbons (Fsp3) is 0.455. The van der Waals surface area contributed by atoms with Crippen molar-refractivity contribution >= 4 is 12.1 Å². The number of ether oxygens (including phenoxy) is 1. The van der Waals surface area contributed by atoms with E-state index in [4.69, 9.17) is 9.15 Å². The molecule has 0 radical (unpaired) electrons. The predicted molar refractivity (Wildman–Crippen MR) is 57.5 cm³/mol. The standard InChI is InChI=1S/C11H14N2O2/c1-3-14-9-6-4-5-7-12-11-10(9)13-8(2)15-11/h4-5,7,9H,3,6H2,1-2H3/b5-4-,12-7-. The van der Waals surface area contributed by atoms with Gasteiger partial charge in [0.1, 0.15) is 11.8 Å². The Hall–Kier alpha value is -1.42. The van der Waals surface area contributed by atoms with E-state index in [-0.39, 0.29) is 6.10 Å². The van der Waals surface area contributed by atoms with Crippen molar-refractivity contribution in [2.24, 2.45) is 4.99 Å². The molecule has 15 heavy (non-hydrogen) atoms. The monoisotopic (exact) mass is 206 g/mol. The van der Waals surface area contributed by atoms with Crippen LogP contribution < -0.4 is 0 Å². The van der Waals surface area contributed by atoms with Crippen LogP contribution in [0.4, 0.5) is 5.88 Å². The molecule has 1 aromatic rings. The average Bonchev–Trinajstić information content (AvgIpc) is 2.54. The minimum atomic E-state index is -0.0452. The van der Waals surface area contributed by atoms with E-state index in [1.54, 1.807) is 6.21 Å². The number of allylic oxidation sites excluding steroid dienone is 1. The van der Waals surface area contributed by atoms with Gasteiger partial charge in [-0.25, -0.2) is 9.98 Å². The van der Waals surface area contributed by atoms with Gasteiger partial charge in [-0.15, -0.1) is 0 Å². The molecule has 0 N–H and O–H groups in total. The van der Waals surface area contributed by atoms with E-state index in [0.29, 0.717) is 18.4 Å². The molecule has 0 amide bonds. The highest BCUT2D eigenvalue weighted by Crippen LogP contribution is 2.31. The highest BCUT2D eigenvalue weighted by Gasteiger charge is 2.21. The van der Waals surface area contributed by atoms with Gasteiger partial charge in [-0.2, -0.15) is 0 Å². The lowest BCUT2D eigenvalue weighted by Gasteiger charge is -2.13. The second-order valence-electron chi connectivity index (χ2n) is 3.31. The van der Waals surface area contributed by atoms with Gasteiger partial charge in [0.2, 0.25) is 5.88 Å². The van der Waals surface area contributed by atoms with Crippen molar-refractivity contribution in [1.29, 1.82) is 0 Å². The van der Waals surface area contributed by atoms with E-state index in [1.165, 1.54) is 0 Å². The Morgan fingerprint density at radius 3 is 3.27 bits per heavy atom. The summed E-state index contributed by atoms with van der Waals surface area (Å²) >= 11 is 0. The van der Waals surface area contributed by atoms with Crippen LogP contribution in [-0.4, -0.2) is 17.8 Å². The second kappa shape index (κ2) is 4.40. The Kier molecular flexibility index (Phi) is 2.97. The topological polar surface area (TPSA) is 47.6 Å². The number of rotatable bonds is 2. The van der Waals surface area contributed by atoms with Crippen molar-refractivity contribution in [3.8, 4) is 0 Å². The van der Waals surface area contributed by atoms with Gasteiger partial charge in [0.25, 0.3) is 0 Å². The summed E-state index contributed by atoms with van der Waals surface area (Å²) in [6, 6.07) is 0. The molecule has 0 saturated heterocycles. The molecule has 0 spiro atoms. The first-order valence-corrected chi connectivity index (χ1v) is 5.09. The van der Waals surface area contributed by atoms with E-state index in [9.17, 15) is 0 Å². The molecule has 1 aliphatic heterocycles. The van der Waals surface area contributed by atoms with Crippen LogP contribution >= 0.6 is 0 Å². The molecule has 4 nitrogen and oxygen atoms in total. The van der Waals surface area contributed by atoms with Gasteiger partial charge < -0.3 is 9.15 Å². The predicted octanol–water partition coefficient (Wildman–Crippen LogP) is 2.72. The maximum absolute atomic E-state index is 5.61. The van der Waals surface area contributed by atoms with Crippen LogP contribution in [0.3, 0.4) is 0 Å². The Balaban J connectivity index is 2.37. The molecule has 1 unspecified atom stereocenters. The lowest BCUT2D eigenvalue weighted by molar-refractivity contribution is 0.0621. The second-order valence-corrected chi connectivity index (χ2v) is 3.31. The Labute approximate surface area is 88.7 Å². The number of aliphatic imine (C=N–C) groups is 1. The SMILES string of the molecule is CCOC1C/C=C\C=N/c2oc(C)nc21. The van der Waals surface area contributed by atoms with E-state index in [2.05, 4.69) is 9.98 Å². The molecule has 0 fully saturated rings. The maximum Gasteiger partial charge on any atom is 0.245 e. The Morgan fingerprint density at radius 1 is 1.60 bits per heavy atom. The number of oxazole rings is 1. The first-order chi connectivity index (χ1) is 7.31. The first-order valence-electron chi connectivity index (χ1n) is 5.09. The summed E-state index contributed by atoms with van der Waals surface area (Å²) in [5, 5.41) is 0. The third-order valence-electron chi connectivity index (χ3n) is 2.18. The van der Waals surface area contributed by atoms with Gasteiger partial charge in [0.15, 0.2) is 5.89 Å². The number of aryl methyl sites for hydroxylation is 1. The van der Waals surface area contributed by atoms with Crippen molar-refractivity contribution < 1.29 is 9.15 Å². The van der Waals surface area contributed by atoms with Crippen LogP contribution in [0.2, 0.25) is 0 Å². The molecule has 1 aliphatic rings. The summed E-state index contributed by atoms with van der Waals surface area (Å²) in [4.78, 5) is 8.49.